The van der Waals surface area contributed by atoms with Crippen molar-refractivity contribution in [1.82, 2.24) is 10.2 Å². The van der Waals surface area contributed by atoms with Crippen LogP contribution in [0.3, 0.4) is 0 Å². The molecule has 0 aromatic heterocycles. The molecule has 2 amide bonds. The molecule has 2 fully saturated rings. The lowest BCUT2D eigenvalue weighted by Crippen LogP contribution is -2.78. The van der Waals surface area contributed by atoms with Gasteiger partial charge in [0.1, 0.15) is 24.0 Å². The molecule has 1 aromatic rings. The van der Waals surface area contributed by atoms with Crippen molar-refractivity contribution >= 4 is 41.1 Å². The van der Waals surface area contributed by atoms with Gasteiger partial charge in [-0.05, 0) is 52.9 Å². The lowest BCUT2D eigenvalue weighted by atomic mass is 9.51. The zero-order chi connectivity index (χ0) is 31.5. The van der Waals surface area contributed by atoms with Crippen molar-refractivity contribution in [3.05, 3.63) is 29.3 Å². The van der Waals surface area contributed by atoms with Crippen LogP contribution in [0.1, 0.15) is 36.7 Å². The van der Waals surface area contributed by atoms with Crippen molar-refractivity contribution in [1.29, 1.82) is 0 Å². The number of benzene rings is 1. The second-order valence-corrected chi connectivity index (χ2v) is 12.0. The number of primary amides is 1. The summed E-state index contributed by atoms with van der Waals surface area (Å²) in [5.74, 6) is -14.5. The second-order valence-electron chi connectivity index (χ2n) is 12.0. The number of carbonyl (C=O) groups excluding carboxylic acids is 7. The molecule has 42 heavy (non-hydrogen) atoms. The Morgan fingerprint density at radius 2 is 1.76 bits per heavy atom. The van der Waals surface area contributed by atoms with Crippen molar-refractivity contribution in [2.45, 2.75) is 50.5 Å². The number of phenolic OH excluding ortho intramolecular Hbond substituents is 1. The van der Waals surface area contributed by atoms with E-state index in [4.69, 9.17) is 15.2 Å². The summed E-state index contributed by atoms with van der Waals surface area (Å²) in [7, 11) is 2.80. The molecular weight excluding hydrogens is 554 g/mol. The number of ketones is 4. The highest BCUT2D eigenvalue weighted by Crippen LogP contribution is 2.51. The quantitative estimate of drug-likeness (QED) is 0.239. The molecule has 3 aliphatic rings. The number of rotatable bonds is 5. The van der Waals surface area contributed by atoms with Crippen LogP contribution >= 0.6 is 0 Å². The fraction of sp³-hybridized carbons (Fsp3) is 0.536. The molecule has 2 saturated carbocycles. The fourth-order valence-corrected chi connectivity index (χ4v) is 6.34. The molecule has 7 atom stereocenters. The maximum atomic E-state index is 14.0. The van der Waals surface area contributed by atoms with E-state index < -0.39 is 100 Å². The maximum Gasteiger partial charge on any atom is 0.408 e. The summed E-state index contributed by atoms with van der Waals surface area (Å²) in [5, 5.41) is 24.6. The van der Waals surface area contributed by atoms with Gasteiger partial charge in [-0.3, -0.25) is 33.7 Å². The highest BCUT2D eigenvalue weighted by Gasteiger charge is 2.73. The van der Waals surface area contributed by atoms with E-state index in [1.165, 1.54) is 37.2 Å². The summed E-state index contributed by atoms with van der Waals surface area (Å²) in [4.78, 5) is 93.4. The molecule has 226 valence electrons. The third-order valence-corrected chi connectivity index (χ3v) is 7.90. The number of ether oxygens (including phenoxy) is 2. The lowest BCUT2D eigenvalue weighted by Gasteiger charge is -2.55. The number of amides is 2. The number of fused-ring (bicyclic) bond motifs is 3. The van der Waals surface area contributed by atoms with E-state index >= 15 is 0 Å². The zero-order valence-corrected chi connectivity index (χ0v) is 23.7. The van der Waals surface area contributed by atoms with E-state index in [9.17, 15) is 43.8 Å². The predicted molar refractivity (Wildman–Crippen MR) is 141 cm³/mol. The van der Waals surface area contributed by atoms with Gasteiger partial charge in [-0.15, -0.1) is 0 Å². The van der Waals surface area contributed by atoms with Gasteiger partial charge in [0.2, 0.25) is 5.91 Å². The number of nitrogens with two attached hydrogens (primary N) is 1. The number of nitrogens with one attached hydrogen (secondary N) is 1. The zero-order valence-electron chi connectivity index (χ0n) is 23.7. The number of nitrogens with zero attached hydrogens (tertiary/aromatic N) is 1. The highest BCUT2D eigenvalue weighted by atomic mass is 16.6. The van der Waals surface area contributed by atoms with E-state index in [1.54, 1.807) is 20.8 Å². The first kappa shape index (κ1) is 30.8. The smallest absolute Gasteiger partial charge is 0.408 e. The molecule has 0 aliphatic heterocycles. The van der Waals surface area contributed by atoms with Crippen LogP contribution in [0.2, 0.25) is 0 Å². The Balaban J connectivity index is 1.83. The number of alkyl carbamates (subject to hydrolysis) is 1. The van der Waals surface area contributed by atoms with Gasteiger partial charge in [0.25, 0.3) is 0 Å². The average Bonchev–Trinajstić information content (AvgIpc) is 2.85. The SMILES string of the molecule is CN(C)[C@@H]1C(=O)C(C(N)=O)C(=O)[C@@]2(O)C(=O)C3C(=O)c4c(O)cccc4C[C@H]3[C@H](OC(=O)CNC(=O)OC(C)(C)C)[C@@H]12. The summed E-state index contributed by atoms with van der Waals surface area (Å²) in [6, 6.07) is 2.72. The van der Waals surface area contributed by atoms with Crippen LogP contribution in [-0.4, -0.2) is 100 Å². The van der Waals surface area contributed by atoms with E-state index in [1.807, 2.05) is 0 Å². The van der Waals surface area contributed by atoms with Gasteiger partial charge in [0.15, 0.2) is 34.7 Å². The van der Waals surface area contributed by atoms with Crippen molar-refractivity contribution in [2.75, 3.05) is 20.6 Å². The molecule has 0 bridgehead atoms. The minimum atomic E-state index is -3.13. The Hall–Kier alpha value is -4.17. The van der Waals surface area contributed by atoms with E-state index in [0.717, 1.165) is 0 Å². The van der Waals surface area contributed by atoms with Crippen LogP contribution in [0.4, 0.5) is 4.79 Å². The Morgan fingerprint density at radius 1 is 1.12 bits per heavy atom. The minimum absolute atomic E-state index is 0.113. The van der Waals surface area contributed by atoms with Crippen molar-refractivity contribution in [3.63, 3.8) is 0 Å². The molecule has 5 N–H and O–H groups in total. The number of Topliss-reactive ketones (excluding diaryl/α,β-unsaturated/α-hetero) is 4. The molecule has 0 heterocycles. The molecule has 1 aromatic carbocycles. The Morgan fingerprint density at radius 3 is 2.33 bits per heavy atom. The standard InChI is InChI=1S/C28H33N3O11/c1-27(2,3)42-26(39)30-10-14(33)41-22-12-9-11-7-6-8-13(32)15(11)20(34)16(12)23(36)28(40)18(22)19(31(4)5)21(35)17(24(28)37)25(29)38/h6-8,12,16-19,22,32,40H,9-10H2,1-5H3,(H2,29,38)(H,30,39)/t12-,16?,17?,18-,19+,22+,28+/m1/s1. The Bertz CT molecular complexity index is 1400. The number of likely N-dealkylation sites (N-methyl/N-ethyl adjacent to an activating group) is 1. The molecule has 2 unspecified atom stereocenters. The number of hydrogen-bond donors (Lipinski definition) is 4. The van der Waals surface area contributed by atoms with Gasteiger partial charge in [-0.1, -0.05) is 12.1 Å². The average molecular weight is 588 g/mol. The van der Waals surface area contributed by atoms with Crippen LogP contribution < -0.4 is 11.1 Å². The molecule has 14 nitrogen and oxygen atoms in total. The summed E-state index contributed by atoms with van der Waals surface area (Å²) in [5.41, 5.74) is 1.46. The third-order valence-electron chi connectivity index (χ3n) is 7.90. The molecule has 0 spiro atoms. The van der Waals surface area contributed by atoms with Crippen LogP contribution in [0.25, 0.3) is 0 Å². The minimum Gasteiger partial charge on any atom is -0.507 e. The highest BCUT2D eigenvalue weighted by molar-refractivity contribution is 6.32. The van der Waals surface area contributed by atoms with Gasteiger partial charge in [0.05, 0.1) is 23.4 Å². The first-order valence-electron chi connectivity index (χ1n) is 13.2. The Kier molecular flexibility index (Phi) is 7.76. The van der Waals surface area contributed by atoms with Gasteiger partial charge in [-0.25, -0.2) is 4.79 Å². The number of phenols is 1. The lowest BCUT2D eigenvalue weighted by molar-refractivity contribution is -0.204. The maximum absolute atomic E-state index is 14.0. The van der Waals surface area contributed by atoms with E-state index in [2.05, 4.69) is 5.32 Å². The fourth-order valence-electron chi connectivity index (χ4n) is 6.34. The van der Waals surface area contributed by atoms with Crippen LogP contribution in [0, 0.1) is 23.7 Å². The molecule has 0 radical (unpaired) electrons. The Labute approximate surface area is 240 Å². The number of aromatic hydroxyl groups is 1. The molecule has 4 rings (SSSR count). The molecular formula is C28H33N3O11. The summed E-state index contributed by atoms with van der Waals surface area (Å²) in [6.45, 7) is 4.10. The monoisotopic (exact) mass is 587 g/mol. The first-order valence-corrected chi connectivity index (χ1v) is 13.2. The largest absolute Gasteiger partial charge is 0.507 e. The van der Waals surface area contributed by atoms with Gasteiger partial charge >= 0.3 is 12.1 Å². The van der Waals surface area contributed by atoms with Crippen molar-refractivity contribution in [2.24, 2.45) is 29.4 Å². The number of hydrogen-bond acceptors (Lipinski definition) is 12. The molecule has 3 aliphatic carbocycles. The third kappa shape index (κ3) is 4.94. The summed E-state index contributed by atoms with van der Waals surface area (Å²) < 4.78 is 10.8. The van der Waals surface area contributed by atoms with Gasteiger partial charge in [-0.2, -0.15) is 0 Å². The van der Waals surface area contributed by atoms with E-state index in [0.29, 0.717) is 5.56 Å². The molecule has 0 saturated heterocycles. The first-order chi connectivity index (χ1) is 19.4. The van der Waals surface area contributed by atoms with Crippen LogP contribution in [0.15, 0.2) is 18.2 Å². The van der Waals surface area contributed by atoms with Crippen LogP contribution in [-0.2, 0) is 39.9 Å². The van der Waals surface area contributed by atoms with E-state index in [-0.39, 0.29) is 12.0 Å². The topological polar surface area (TPSA) is 220 Å². The van der Waals surface area contributed by atoms with Crippen molar-refractivity contribution < 1.29 is 53.2 Å². The second kappa shape index (κ2) is 10.6. The summed E-state index contributed by atoms with van der Waals surface area (Å²) in [6.07, 6.45) is -2.67. The number of aliphatic hydroxyl groups is 1. The van der Waals surface area contributed by atoms with Gasteiger partial charge in [0, 0.05) is 5.92 Å². The normalized spacial score (nSPS) is 30.6. The number of esters is 1. The van der Waals surface area contributed by atoms with Crippen LogP contribution in [0.5, 0.6) is 5.75 Å². The molecule has 14 heteroatoms. The van der Waals surface area contributed by atoms with Crippen molar-refractivity contribution in [3.8, 4) is 5.75 Å². The predicted octanol–water partition coefficient (Wildman–Crippen LogP) is -1.09. The van der Waals surface area contributed by atoms with Gasteiger partial charge < -0.3 is 30.7 Å². The summed E-state index contributed by atoms with van der Waals surface area (Å²) >= 11 is 0. The number of carbonyl (C=O) groups is 7.